The highest BCUT2D eigenvalue weighted by molar-refractivity contribution is 5.32. The number of alkyl halides is 2. The molecule has 1 atom stereocenters. The first-order valence-corrected chi connectivity index (χ1v) is 5.60. The molecule has 0 aromatic carbocycles. The van der Waals surface area contributed by atoms with Crippen LogP contribution in [-0.2, 0) is 0 Å². The minimum atomic E-state index is -2.83. The molecule has 1 nitrogen and oxygen atoms in total. The van der Waals surface area contributed by atoms with E-state index in [1.54, 1.807) is 6.08 Å². The minimum absolute atomic E-state index is 0.148. The Morgan fingerprint density at radius 1 is 1.44 bits per heavy atom. The first kappa shape index (κ1) is 13.1. The Balaban J connectivity index is 2.64. The van der Waals surface area contributed by atoms with Gasteiger partial charge in [-0.3, -0.25) is 0 Å². The average Bonchev–Trinajstić information content (AvgIpc) is 2.70. The number of halogens is 2. The van der Waals surface area contributed by atoms with Crippen LogP contribution in [0.25, 0.3) is 0 Å². The standard InChI is InChI=1S/C13H19F2N/c1-4-11(12-6-5-9-16-12)8-7-10(2)13(3,14)15/h4,7-8,12,16H,2,5-6,9H2,1,3H3/b8-7-,11-4+. The molecule has 1 aliphatic rings. The van der Waals surface area contributed by atoms with E-state index in [-0.39, 0.29) is 5.57 Å². The molecular formula is C13H19F2N. The Bertz CT molecular complexity index is 304. The lowest BCUT2D eigenvalue weighted by Gasteiger charge is -2.13. The molecule has 90 valence electrons. The maximum absolute atomic E-state index is 12.9. The van der Waals surface area contributed by atoms with E-state index in [0.717, 1.165) is 31.9 Å². The summed E-state index contributed by atoms with van der Waals surface area (Å²) >= 11 is 0. The van der Waals surface area contributed by atoms with Gasteiger partial charge in [0.2, 0.25) is 0 Å². The van der Waals surface area contributed by atoms with Gasteiger partial charge >= 0.3 is 0 Å². The van der Waals surface area contributed by atoms with E-state index in [4.69, 9.17) is 0 Å². The molecule has 16 heavy (non-hydrogen) atoms. The normalized spacial score (nSPS) is 23.0. The number of allylic oxidation sites excluding steroid dienone is 3. The fourth-order valence-electron chi connectivity index (χ4n) is 1.73. The molecule has 0 bridgehead atoms. The van der Waals surface area contributed by atoms with Crippen molar-refractivity contribution in [3.63, 3.8) is 0 Å². The molecular weight excluding hydrogens is 208 g/mol. The van der Waals surface area contributed by atoms with Crippen molar-refractivity contribution < 1.29 is 8.78 Å². The van der Waals surface area contributed by atoms with Crippen LogP contribution in [0.5, 0.6) is 0 Å². The lowest BCUT2D eigenvalue weighted by Crippen LogP contribution is -2.22. The number of nitrogens with one attached hydrogen (secondary N) is 1. The van der Waals surface area contributed by atoms with Crippen molar-refractivity contribution in [1.29, 1.82) is 0 Å². The zero-order valence-corrected chi connectivity index (χ0v) is 9.89. The Morgan fingerprint density at radius 3 is 2.56 bits per heavy atom. The van der Waals surface area contributed by atoms with Crippen LogP contribution in [0.2, 0.25) is 0 Å². The molecule has 1 fully saturated rings. The van der Waals surface area contributed by atoms with E-state index in [9.17, 15) is 8.78 Å². The third-order valence-corrected chi connectivity index (χ3v) is 2.84. The second-order valence-corrected chi connectivity index (χ2v) is 4.18. The largest absolute Gasteiger partial charge is 0.310 e. The van der Waals surface area contributed by atoms with Gasteiger partial charge in [0.05, 0.1) is 0 Å². The Kier molecular flexibility index (Phi) is 4.42. The summed E-state index contributed by atoms with van der Waals surface area (Å²) < 4.78 is 25.7. The van der Waals surface area contributed by atoms with Crippen LogP contribution in [0, 0.1) is 0 Å². The zero-order valence-electron chi connectivity index (χ0n) is 9.89. The maximum atomic E-state index is 12.9. The van der Waals surface area contributed by atoms with Crippen molar-refractivity contribution in [3.05, 3.63) is 36.0 Å². The summed E-state index contributed by atoms with van der Waals surface area (Å²) in [5, 5.41) is 3.33. The number of hydrogen-bond acceptors (Lipinski definition) is 1. The van der Waals surface area contributed by atoms with Gasteiger partial charge in [-0.25, -0.2) is 8.78 Å². The predicted molar refractivity (Wildman–Crippen MR) is 63.7 cm³/mol. The van der Waals surface area contributed by atoms with Crippen molar-refractivity contribution in [2.24, 2.45) is 0 Å². The first-order chi connectivity index (χ1) is 7.45. The molecule has 1 unspecified atom stereocenters. The third-order valence-electron chi connectivity index (χ3n) is 2.84. The summed E-state index contributed by atoms with van der Waals surface area (Å²) in [6.07, 6.45) is 7.32. The summed E-state index contributed by atoms with van der Waals surface area (Å²) in [6.45, 7) is 7.16. The van der Waals surface area contributed by atoms with Crippen LogP contribution in [0.15, 0.2) is 36.0 Å². The molecule has 3 heteroatoms. The summed E-state index contributed by atoms with van der Waals surface area (Å²) in [4.78, 5) is 0. The van der Waals surface area contributed by atoms with Crippen molar-refractivity contribution in [2.75, 3.05) is 6.54 Å². The number of hydrogen-bond donors (Lipinski definition) is 1. The van der Waals surface area contributed by atoms with E-state index >= 15 is 0 Å². The van der Waals surface area contributed by atoms with E-state index in [2.05, 4.69) is 11.9 Å². The molecule has 0 aromatic heterocycles. The molecule has 1 heterocycles. The fourth-order valence-corrected chi connectivity index (χ4v) is 1.73. The molecule has 0 radical (unpaired) electrons. The highest BCUT2D eigenvalue weighted by Crippen LogP contribution is 2.23. The maximum Gasteiger partial charge on any atom is 0.269 e. The molecule has 1 N–H and O–H groups in total. The molecule has 0 amide bonds. The molecule has 0 saturated carbocycles. The Hall–Kier alpha value is -0.960. The van der Waals surface area contributed by atoms with Crippen molar-refractivity contribution in [2.45, 2.75) is 38.7 Å². The summed E-state index contributed by atoms with van der Waals surface area (Å²) in [7, 11) is 0. The quantitative estimate of drug-likeness (QED) is 0.725. The molecule has 1 saturated heterocycles. The van der Waals surface area contributed by atoms with Gasteiger partial charge in [0.1, 0.15) is 0 Å². The predicted octanol–water partition coefficient (Wildman–Crippen LogP) is 3.45. The van der Waals surface area contributed by atoms with Gasteiger partial charge in [0.15, 0.2) is 0 Å². The van der Waals surface area contributed by atoms with Gasteiger partial charge in [0, 0.05) is 18.5 Å². The Labute approximate surface area is 95.9 Å². The average molecular weight is 227 g/mol. The molecule has 0 aromatic rings. The van der Waals surface area contributed by atoms with Crippen LogP contribution in [0.3, 0.4) is 0 Å². The van der Waals surface area contributed by atoms with Crippen molar-refractivity contribution >= 4 is 0 Å². The smallest absolute Gasteiger partial charge is 0.269 e. The number of rotatable bonds is 4. The SMILES string of the molecule is C=C(/C=C\C(=C/C)C1CCCN1)C(C)(F)F. The zero-order chi connectivity index (χ0) is 12.2. The topological polar surface area (TPSA) is 12.0 Å². The van der Waals surface area contributed by atoms with E-state index < -0.39 is 5.92 Å². The summed E-state index contributed by atoms with van der Waals surface area (Å²) in [5.74, 6) is -2.83. The fraction of sp³-hybridized carbons (Fsp3) is 0.538. The highest BCUT2D eigenvalue weighted by Gasteiger charge is 2.23. The van der Waals surface area contributed by atoms with Crippen LogP contribution >= 0.6 is 0 Å². The third kappa shape index (κ3) is 3.56. The molecule has 1 aliphatic heterocycles. The Morgan fingerprint density at radius 2 is 2.12 bits per heavy atom. The van der Waals surface area contributed by atoms with Gasteiger partial charge in [-0.2, -0.15) is 0 Å². The second kappa shape index (κ2) is 5.39. The summed E-state index contributed by atoms with van der Waals surface area (Å²) in [5.41, 5.74) is 0.910. The summed E-state index contributed by atoms with van der Waals surface area (Å²) in [6, 6.07) is 0.305. The van der Waals surface area contributed by atoms with Crippen molar-refractivity contribution in [3.8, 4) is 0 Å². The van der Waals surface area contributed by atoms with Gasteiger partial charge in [0.25, 0.3) is 5.92 Å². The van der Waals surface area contributed by atoms with Gasteiger partial charge in [-0.1, -0.05) is 24.8 Å². The van der Waals surface area contributed by atoms with Gasteiger partial charge < -0.3 is 5.32 Å². The molecule has 0 spiro atoms. The lowest BCUT2D eigenvalue weighted by molar-refractivity contribution is 0.0680. The van der Waals surface area contributed by atoms with Crippen LogP contribution < -0.4 is 5.32 Å². The minimum Gasteiger partial charge on any atom is -0.310 e. The molecule has 1 rings (SSSR count). The van der Waals surface area contributed by atoms with Crippen molar-refractivity contribution in [1.82, 2.24) is 5.32 Å². The van der Waals surface area contributed by atoms with Gasteiger partial charge in [-0.05, 0) is 31.9 Å². The monoisotopic (exact) mass is 227 g/mol. The van der Waals surface area contributed by atoms with Crippen LogP contribution in [-0.4, -0.2) is 18.5 Å². The van der Waals surface area contributed by atoms with E-state index in [1.165, 1.54) is 6.08 Å². The van der Waals surface area contributed by atoms with Crippen LogP contribution in [0.4, 0.5) is 8.78 Å². The lowest BCUT2D eigenvalue weighted by atomic mass is 10.0. The molecule has 0 aliphatic carbocycles. The van der Waals surface area contributed by atoms with Crippen LogP contribution in [0.1, 0.15) is 26.7 Å². The van der Waals surface area contributed by atoms with Gasteiger partial charge in [-0.15, -0.1) is 0 Å². The van der Waals surface area contributed by atoms with E-state index in [0.29, 0.717) is 6.04 Å². The second-order valence-electron chi connectivity index (χ2n) is 4.18. The highest BCUT2D eigenvalue weighted by atomic mass is 19.3. The first-order valence-electron chi connectivity index (χ1n) is 5.60. The van der Waals surface area contributed by atoms with E-state index in [1.807, 2.05) is 13.0 Å².